The van der Waals surface area contributed by atoms with Crippen molar-refractivity contribution < 1.29 is 24.0 Å². The molecule has 1 saturated heterocycles. The predicted molar refractivity (Wildman–Crippen MR) is 134 cm³/mol. The normalized spacial score (nSPS) is 14.2. The van der Waals surface area contributed by atoms with Crippen LogP contribution < -0.4 is 14.8 Å². The maximum absolute atomic E-state index is 12.9. The van der Waals surface area contributed by atoms with E-state index in [0.717, 1.165) is 10.5 Å². The highest BCUT2D eigenvalue weighted by molar-refractivity contribution is 6.32. The molecule has 3 aromatic rings. The van der Waals surface area contributed by atoms with Gasteiger partial charge in [0.15, 0.2) is 11.5 Å². The molecule has 10 heteroatoms. The Morgan fingerprint density at radius 2 is 1.75 bits per heavy atom. The highest BCUT2D eigenvalue weighted by atomic mass is 35.5. The highest BCUT2D eigenvalue weighted by Gasteiger charge is 2.33. The van der Waals surface area contributed by atoms with Crippen molar-refractivity contribution in [3.8, 4) is 11.5 Å². The van der Waals surface area contributed by atoms with Gasteiger partial charge in [-0.1, -0.05) is 41.9 Å². The van der Waals surface area contributed by atoms with Gasteiger partial charge in [0.05, 0.1) is 23.1 Å². The quantitative estimate of drug-likeness (QED) is 0.182. The fraction of sp³-hybridized carbons (Fsp3) is 0.154. The first kappa shape index (κ1) is 24.7. The number of ether oxygens (including phenoxy) is 2. The molecule has 1 fully saturated rings. The number of hydrogen-bond acceptors (Lipinski definition) is 6. The number of nitrogens with zero attached hydrogens (tertiary/aromatic N) is 2. The first-order valence-electron chi connectivity index (χ1n) is 11.1. The van der Waals surface area contributed by atoms with Crippen molar-refractivity contribution in [2.75, 3.05) is 6.61 Å². The zero-order valence-electron chi connectivity index (χ0n) is 19.3. The van der Waals surface area contributed by atoms with Crippen LogP contribution in [0.1, 0.15) is 23.6 Å². The third-order valence-electron chi connectivity index (χ3n) is 5.32. The maximum atomic E-state index is 12.9. The second-order valence-corrected chi connectivity index (χ2v) is 8.25. The first-order chi connectivity index (χ1) is 17.4. The van der Waals surface area contributed by atoms with Crippen molar-refractivity contribution in [1.29, 1.82) is 0 Å². The van der Waals surface area contributed by atoms with Gasteiger partial charge in [-0.2, -0.15) is 0 Å². The zero-order valence-corrected chi connectivity index (χ0v) is 20.0. The summed E-state index contributed by atoms with van der Waals surface area (Å²) in [6.45, 7) is 2.41. The smallest absolute Gasteiger partial charge is 0.329 e. The Hall–Kier alpha value is -4.37. The van der Waals surface area contributed by atoms with Gasteiger partial charge >= 0.3 is 6.03 Å². The topological polar surface area (TPSA) is 111 Å². The van der Waals surface area contributed by atoms with Crippen LogP contribution in [0.25, 0.3) is 6.08 Å². The van der Waals surface area contributed by atoms with Crippen LogP contribution in [0.4, 0.5) is 10.5 Å². The second-order valence-electron chi connectivity index (χ2n) is 7.84. The number of nitrogens with one attached hydrogen (secondary N) is 1. The molecule has 0 saturated carbocycles. The lowest BCUT2D eigenvalue weighted by molar-refractivity contribution is -0.384. The van der Waals surface area contributed by atoms with Gasteiger partial charge in [0, 0.05) is 12.1 Å². The number of nitro benzene ring substituents is 1. The summed E-state index contributed by atoms with van der Waals surface area (Å²) in [4.78, 5) is 36.8. The fourth-order valence-electron chi connectivity index (χ4n) is 3.59. The molecule has 0 radical (unpaired) electrons. The molecule has 0 spiro atoms. The molecule has 1 heterocycles. The van der Waals surface area contributed by atoms with Crippen molar-refractivity contribution in [1.82, 2.24) is 10.2 Å². The van der Waals surface area contributed by atoms with E-state index in [1.807, 2.05) is 30.3 Å². The Bertz CT molecular complexity index is 1330. The van der Waals surface area contributed by atoms with Crippen molar-refractivity contribution in [2.45, 2.75) is 20.1 Å². The third-order valence-corrected chi connectivity index (χ3v) is 5.60. The van der Waals surface area contributed by atoms with Crippen LogP contribution in [0.5, 0.6) is 11.5 Å². The van der Waals surface area contributed by atoms with Gasteiger partial charge in [-0.25, -0.2) is 4.79 Å². The molecule has 9 nitrogen and oxygen atoms in total. The number of carbonyl (C=O) groups excluding carboxylic acids is 2. The third kappa shape index (κ3) is 5.64. The lowest BCUT2D eigenvalue weighted by Gasteiger charge is -2.15. The molecule has 3 aromatic carbocycles. The molecular weight excluding hydrogens is 486 g/mol. The summed E-state index contributed by atoms with van der Waals surface area (Å²) >= 11 is 6.48. The van der Waals surface area contributed by atoms with E-state index in [4.69, 9.17) is 21.1 Å². The number of hydrogen-bond donors (Lipinski definition) is 1. The number of nitro groups is 1. The number of carbonyl (C=O) groups is 2. The van der Waals surface area contributed by atoms with Crippen LogP contribution in [-0.4, -0.2) is 28.4 Å². The molecule has 184 valence electrons. The van der Waals surface area contributed by atoms with Crippen LogP contribution in [0.15, 0.2) is 72.4 Å². The number of urea groups is 1. The molecular formula is C26H22ClN3O6. The number of imide groups is 1. The highest BCUT2D eigenvalue weighted by Crippen LogP contribution is 2.38. The summed E-state index contributed by atoms with van der Waals surface area (Å²) in [7, 11) is 0. The monoisotopic (exact) mass is 507 g/mol. The Morgan fingerprint density at radius 1 is 1.03 bits per heavy atom. The summed E-state index contributed by atoms with van der Waals surface area (Å²) in [5, 5.41) is 13.7. The molecule has 0 aliphatic carbocycles. The Kier molecular flexibility index (Phi) is 7.50. The molecule has 1 aliphatic rings. The first-order valence-corrected chi connectivity index (χ1v) is 11.4. The molecule has 1 N–H and O–H groups in total. The van der Waals surface area contributed by atoms with E-state index < -0.39 is 16.9 Å². The molecule has 0 bridgehead atoms. The second kappa shape index (κ2) is 10.9. The molecule has 36 heavy (non-hydrogen) atoms. The zero-order chi connectivity index (χ0) is 25.7. The fourth-order valence-corrected chi connectivity index (χ4v) is 3.87. The van der Waals surface area contributed by atoms with E-state index in [9.17, 15) is 19.7 Å². The molecule has 0 atom stereocenters. The number of amides is 3. The molecule has 4 rings (SSSR count). The summed E-state index contributed by atoms with van der Waals surface area (Å²) in [6.07, 6.45) is 1.53. The Balaban J connectivity index is 1.53. The van der Waals surface area contributed by atoms with Gasteiger partial charge < -0.3 is 14.8 Å². The minimum atomic E-state index is -0.505. The summed E-state index contributed by atoms with van der Waals surface area (Å²) < 4.78 is 11.6. The van der Waals surface area contributed by atoms with Gasteiger partial charge in [0.1, 0.15) is 12.3 Å². The molecule has 1 aliphatic heterocycles. The number of halogens is 1. The van der Waals surface area contributed by atoms with E-state index in [0.29, 0.717) is 29.2 Å². The van der Waals surface area contributed by atoms with Crippen LogP contribution >= 0.6 is 11.6 Å². The van der Waals surface area contributed by atoms with Gasteiger partial charge in [-0.15, -0.1) is 0 Å². The van der Waals surface area contributed by atoms with Crippen molar-refractivity contribution in [3.05, 3.63) is 104 Å². The van der Waals surface area contributed by atoms with E-state index in [2.05, 4.69) is 5.32 Å². The standard InChI is InChI=1S/C26H22ClN3O6/c1-2-35-23-14-19(12-21(27)24(23)36-16-18-8-10-20(11-9-18)30(33)34)13-22-25(31)29(26(32)28-22)15-17-6-4-3-5-7-17/h3-14H,2,15-16H2,1H3,(H,28,32)/b22-13+. The lowest BCUT2D eigenvalue weighted by atomic mass is 10.1. The Labute approximate surface area is 212 Å². The van der Waals surface area contributed by atoms with Gasteiger partial charge in [-0.05, 0) is 54.0 Å². The SMILES string of the molecule is CCOc1cc(/C=C2/NC(=O)N(Cc3ccccc3)C2=O)cc(Cl)c1OCc1ccc([N+](=O)[O-])cc1. The summed E-state index contributed by atoms with van der Waals surface area (Å²) in [6, 6.07) is 18.0. The maximum Gasteiger partial charge on any atom is 0.329 e. The van der Waals surface area contributed by atoms with Crippen LogP contribution in [0, 0.1) is 10.1 Å². The molecule has 3 amide bonds. The Morgan fingerprint density at radius 3 is 2.42 bits per heavy atom. The van der Waals surface area contributed by atoms with E-state index in [1.165, 1.54) is 18.2 Å². The van der Waals surface area contributed by atoms with Crippen molar-refractivity contribution >= 4 is 35.3 Å². The van der Waals surface area contributed by atoms with Gasteiger partial charge in [0.2, 0.25) is 0 Å². The van der Waals surface area contributed by atoms with Crippen LogP contribution in [0.3, 0.4) is 0 Å². The van der Waals surface area contributed by atoms with E-state index in [1.54, 1.807) is 31.2 Å². The largest absolute Gasteiger partial charge is 0.490 e. The average Bonchev–Trinajstić information content (AvgIpc) is 3.12. The minimum absolute atomic E-state index is 0.0138. The summed E-state index contributed by atoms with van der Waals surface area (Å²) in [5.74, 6) is 0.208. The number of benzene rings is 3. The number of rotatable bonds is 9. The number of non-ortho nitro benzene ring substituents is 1. The minimum Gasteiger partial charge on any atom is -0.490 e. The van der Waals surface area contributed by atoms with Gasteiger partial charge in [-0.3, -0.25) is 19.8 Å². The van der Waals surface area contributed by atoms with E-state index in [-0.39, 0.29) is 29.6 Å². The van der Waals surface area contributed by atoms with Crippen molar-refractivity contribution in [2.24, 2.45) is 0 Å². The average molecular weight is 508 g/mol. The summed E-state index contributed by atoms with van der Waals surface area (Å²) in [5.41, 5.74) is 2.19. The van der Waals surface area contributed by atoms with E-state index >= 15 is 0 Å². The lowest BCUT2D eigenvalue weighted by Crippen LogP contribution is -2.30. The van der Waals surface area contributed by atoms with Crippen molar-refractivity contribution in [3.63, 3.8) is 0 Å². The van der Waals surface area contributed by atoms with Gasteiger partial charge in [0.25, 0.3) is 11.6 Å². The van der Waals surface area contributed by atoms with Crippen LogP contribution in [0.2, 0.25) is 5.02 Å². The van der Waals surface area contributed by atoms with Crippen LogP contribution in [-0.2, 0) is 17.9 Å². The molecule has 0 aromatic heterocycles. The predicted octanol–water partition coefficient (Wildman–Crippen LogP) is 5.32. The molecule has 0 unspecified atom stereocenters.